The van der Waals surface area contributed by atoms with Crippen molar-refractivity contribution in [3.63, 3.8) is 0 Å². The quantitative estimate of drug-likeness (QED) is 0.0189. The summed E-state index contributed by atoms with van der Waals surface area (Å²) in [5.41, 5.74) is -5.26. The van der Waals surface area contributed by atoms with Crippen molar-refractivity contribution in [1.82, 2.24) is 14.7 Å². The second kappa shape index (κ2) is 36.4. The molecule has 0 aliphatic carbocycles. The zero-order valence-electron chi connectivity index (χ0n) is 60.1. The molecule has 3 saturated heterocycles. The molecule has 0 radical (unpaired) electrons. The number of hydrogen-bond donors (Lipinski definition) is 0. The first-order valence-corrected chi connectivity index (χ1v) is 40.1. The Bertz CT molecular complexity index is 5100. The van der Waals surface area contributed by atoms with Gasteiger partial charge in [0.15, 0.2) is 43.1 Å². The molecule has 15 atom stereocenters. The third kappa shape index (κ3) is 17.0. The number of carbonyl (C=O) groups is 12. The van der Waals surface area contributed by atoms with E-state index in [0.29, 0.717) is 25.2 Å². The van der Waals surface area contributed by atoms with Gasteiger partial charge in [0.2, 0.25) is 0 Å². The molecule has 27 nitrogen and oxygen atoms in total. The highest BCUT2D eigenvalue weighted by Gasteiger charge is 2.65. The molecule has 0 aromatic heterocycles. The Hall–Kier alpha value is -7.63. The Morgan fingerprint density at radius 3 is 1.09 bits per heavy atom. The SMILES string of the molecule is CC(=O)OC[C@H]1O[C@@H](O[C@H]2[C@H](OC(C)=O)[C@@H](N3C(=O)c4c(Cl)c(Cl)c(Cl)c(Cl)c4C3=O)[C@H](OC[C@H]3O[C@@H](Sc4ccccc4)[C@H](N4C(=O)c5c(Cl)c(Cl)c(Cl)c(Cl)c5C4=O)[C@@H](OC(=O)c4ccccc4)[C@@H]3OC(=O)c3ccccc3)O[C@@H]2COCc2ccccc2)[C@H](N2C(=O)c3c(Cl)c(Cl)c(Cl)c(Cl)c3C2=O)[C@@H](OC(C)=O)[C@@H]1OC(C)=O. The molecule has 6 amide bonds. The van der Waals surface area contributed by atoms with Crippen molar-refractivity contribution in [2.75, 3.05) is 19.8 Å². The molecule has 7 aromatic carbocycles. The molecule has 0 saturated carbocycles. The molecule has 6 aliphatic rings. The van der Waals surface area contributed by atoms with E-state index >= 15 is 38.4 Å². The van der Waals surface area contributed by atoms with Crippen LogP contribution >= 0.6 is 151 Å². The summed E-state index contributed by atoms with van der Waals surface area (Å²) in [6.07, 6.45) is -23.6. The Balaban J connectivity index is 1.01. The van der Waals surface area contributed by atoms with Crippen LogP contribution in [0.15, 0.2) is 126 Å². The predicted molar refractivity (Wildman–Crippen MR) is 422 cm³/mol. The summed E-state index contributed by atoms with van der Waals surface area (Å²) >= 11 is 81.1. The summed E-state index contributed by atoms with van der Waals surface area (Å²) in [6, 6.07) is 24.5. The first kappa shape index (κ1) is 87.2. The minimum Gasteiger partial charge on any atom is -0.463 e. The van der Waals surface area contributed by atoms with Crippen LogP contribution in [0.3, 0.4) is 0 Å². The second-order valence-electron chi connectivity index (χ2n) is 26.4. The maximum atomic E-state index is 15.9. The van der Waals surface area contributed by atoms with Gasteiger partial charge in [-0.2, -0.15) is 0 Å². The number of halogens is 12. The molecular weight excluding hydrogens is 1810 g/mol. The van der Waals surface area contributed by atoms with E-state index in [1.165, 1.54) is 48.5 Å². The van der Waals surface area contributed by atoms with E-state index in [1.54, 1.807) is 72.8 Å². The van der Waals surface area contributed by atoms with E-state index < -0.39 is 276 Å². The number of imide groups is 3. The number of benzene rings is 7. The van der Waals surface area contributed by atoms with Crippen molar-refractivity contribution in [3.05, 3.63) is 232 Å². The van der Waals surface area contributed by atoms with Crippen molar-refractivity contribution in [2.24, 2.45) is 0 Å². The number of thioether (sulfide) groups is 1. The Kier molecular flexibility index (Phi) is 27.1. The summed E-state index contributed by atoms with van der Waals surface area (Å²) in [4.78, 5) is 180. The van der Waals surface area contributed by atoms with Crippen LogP contribution in [0.4, 0.5) is 0 Å². The number of rotatable bonds is 23. The lowest BCUT2D eigenvalue weighted by Gasteiger charge is -2.52. The van der Waals surface area contributed by atoms with E-state index in [-0.39, 0.29) is 17.7 Å². The van der Waals surface area contributed by atoms with E-state index in [0.717, 1.165) is 39.5 Å². The van der Waals surface area contributed by atoms with Crippen molar-refractivity contribution in [1.29, 1.82) is 0 Å². The van der Waals surface area contributed by atoms with E-state index in [1.807, 2.05) is 0 Å². The molecule has 0 bridgehead atoms. The Labute approximate surface area is 727 Å². The van der Waals surface area contributed by atoms with Gasteiger partial charge in [0, 0.05) is 32.6 Å². The van der Waals surface area contributed by atoms with Gasteiger partial charge < -0.3 is 56.8 Å². The fourth-order valence-corrected chi connectivity index (χ4v) is 18.4. The molecule has 117 heavy (non-hydrogen) atoms. The van der Waals surface area contributed by atoms with Crippen LogP contribution < -0.4 is 0 Å². The standard InChI is InChI=1S/C77H55Cl12N3O24S/c1-29(93)106-27-38-61(108-30(2)94)65(110-32(4)96)59(91-69(99)42-43(70(91)100)49(81)55(87)54(86)48(42)80)76(112-38)116-63-37(26-105-25-33-17-9-5-10-18-33)111-75(58(64(63)109-31(3)95)90-67(97)40-41(68(90)98)47(79)53(85)52(84)46(40)78)107-28-39-62(114-73(103)34-19-11-6-12-20-34)66(115-74(104)35-21-13-7-14-22-35)60(77(113-39)117-36-23-15-8-16-24-36)92-71(101)44-45(72(92)102)51(83)57(89)56(88)50(44)82/h5-24,37-39,58-66,75-77H,25-28H2,1-4H3/t37-,38-,39-,58-,59-,60-,61-,62-,63-,64-,65-,66-,75-,76+,77+/m1/s1. The number of ether oxygens (including phenoxy) is 12. The van der Waals surface area contributed by atoms with Crippen molar-refractivity contribution in [2.45, 2.75) is 130 Å². The Morgan fingerprint density at radius 2 is 0.675 bits per heavy atom. The van der Waals surface area contributed by atoms with Crippen LogP contribution in [0.5, 0.6) is 0 Å². The number of fused-ring (bicyclic) bond motifs is 3. The van der Waals surface area contributed by atoms with Gasteiger partial charge in [-0.3, -0.25) is 62.6 Å². The summed E-state index contributed by atoms with van der Waals surface area (Å²) in [7, 11) is 0. The third-order valence-electron chi connectivity index (χ3n) is 19.1. The number of nitrogens with zero attached hydrogens (tertiary/aromatic N) is 3. The van der Waals surface area contributed by atoms with Crippen LogP contribution in [-0.2, 0) is 82.6 Å². The summed E-state index contributed by atoms with van der Waals surface area (Å²) in [6.45, 7) is 0.634. The van der Waals surface area contributed by atoms with E-state index in [9.17, 15) is 19.2 Å². The fourth-order valence-electron chi connectivity index (χ4n) is 14.2. The van der Waals surface area contributed by atoms with Gasteiger partial charge in [-0.05, 0) is 42.0 Å². The first-order valence-electron chi connectivity index (χ1n) is 34.7. The van der Waals surface area contributed by atoms with Gasteiger partial charge in [0.1, 0.15) is 54.6 Å². The second-order valence-corrected chi connectivity index (χ2v) is 32.1. The molecular formula is C77H55Cl12N3O24S. The first-order chi connectivity index (χ1) is 55.7. The monoisotopic (exact) mass is 1860 g/mol. The molecule has 40 heteroatoms. The van der Waals surface area contributed by atoms with Crippen molar-refractivity contribution >= 4 is 222 Å². The highest BCUT2D eigenvalue weighted by molar-refractivity contribution is 7.99. The third-order valence-corrected chi connectivity index (χ3v) is 25.7. The van der Waals surface area contributed by atoms with Gasteiger partial charge in [-0.15, -0.1) is 0 Å². The summed E-state index contributed by atoms with van der Waals surface area (Å²) < 4.78 is 77.7. The van der Waals surface area contributed by atoms with Crippen LogP contribution in [0.25, 0.3) is 0 Å². The molecule has 0 N–H and O–H groups in total. The molecule has 0 unspecified atom stereocenters. The summed E-state index contributed by atoms with van der Waals surface area (Å²) in [5.74, 6) is -14.7. The zero-order chi connectivity index (χ0) is 84.2. The largest absolute Gasteiger partial charge is 0.463 e. The minimum atomic E-state index is -2.45. The van der Waals surface area contributed by atoms with Crippen LogP contribution in [-0.4, -0.2) is 197 Å². The number of hydrogen-bond acceptors (Lipinski definition) is 25. The smallest absolute Gasteiger partial charge is 0.338 e. The maximum Gasteiger partial charge on any atom is 0.338 e. The van der Waals surface area contributed by atoms with Gasteiger partial charge in [-0.25, -0.2) is 9.59 Å². The van der Waals surface area contributed by atoms with Gasteiger partial charge in [0.05, 0.1) is 125 Å². The normalized spacial score (nSPS) is 24.8. The average Bonchev–Trinajstić information content (AvgIpc) is 1.60. The molecule has 6 aliphatic heterocycles. The Morgan fingerprint density at radius 1 is 0.350 bits per heavy atom. The fraction of sp³-hybridized carbons (Fsp3) is 0.299. The van der Waals surface area contributed by atoms with Crippen LogP contribution in [0.2, 0.25) is 60.3 Å². The lowest BCUT2D eigenvalue weighted by molar-refractivity contribution is -0.345. The van der Waals surface area contributed by atoms with Crippen LogP contribution in [0.1, 0.15) is 116 Å². The van der Waals surface area contributed by atoms with E-state index in [4.69, 9.17) is 196 Å². The average molecular weight is 1860 g/mol. The van der Waals surface area contributed by atoms with Gasteiger partial charge in [-0.1, -0.05) is 236 Å². The number of esters is 6. The topological polar surface area (TPSA) is 325 Å². The lowest BCUT2D eigenvalue weighted by Crippen LogP contribution is -2.71. The molecule has 612 valence electrons. The van der Waals surface area contributed by atoms with Crippen molar-refractivity contribution < 1.29 is 114 Å². The maximum absolute atomic E-state index is 15.9. The number of carbonyl (C=O) groups excluding carboxylic acids is 12. The highest BCUT2D eigenvalue weighted by atomic mass is 35.5. The van der Waals surface area contributed by atoms with E-state index in [2.05, 4.69) is 0 Å². The predicted octanol–water partition coefficient (Wildman–Crippen LogP) is 15.2. The lowest BCUT2D eigenvalue weighted by atomic mass is 9.92. The molecule has 6 heterocycles. The molecule has 3 fully saturated rings. The highest BCUT2D eigenvalue weighted by Crippen LogP contribution is 2.52. The number of amides is 6. The van der Waals surface area contributed by atoms with Gasteiger partial charge in [0.25, 0.3) is 35.4 Å². The van der Waals surface area contributed by atoms with Crippen LogP contribution in [0, 0.1) is 0 Å². The molecule has 7 aromatic rings. The summed E-state index contributed by atoms with van der Waals surface area (Å²) in [5, 5.41) is -6.44. The zero-order valence-corrected chi connectivity index (χ0v) is 70.0. The minimum absolute atomic E-state index is 0.123. The molecule has 13 rings (SSSR count). The molecule has 0 spiro atoms. The van der Waals surface area contributed by atoms with Crippen molar-refractivity contribution in [3.8, 4) is 0 Å². The van der Waals surface area contributed by atoms with Gasteiger partial charge >= 0.3 is 35.8 Å².